The van der Waals surface area contributed by atoms with Crippen LogP contribution in [0.1, 0.15) is 18.4 Å². The molecule has 28 heavy (non-hydrogen) atoms. The molecular formula is C18H18BrNO7S. The molecule has 0 aliphatic carbocycles. The van der Waals surface area contributed by atoms with Crippen molar-refractivity contribution in [1.82, 2.24) is 4.90 Å². The summed E-state index contributed by atoms with van der Waals surface area (Å²) in [6, 6.07) is 6.78. The minimum atomic E-state index is -1.15. The van der Waals surface area contributed by atoms with Crippen LogP contribution < -0.4 is 4.74 Å². The van der Waals surface area contributed by atoms with Gasteiger partial charge in [0.25, 0.3) is 0 Å². The number of alkyl halides is 1. The average molecular weight is 472 g/mol. The molecule has 0 saturated carbocycles. The third-order valence-corrected chi connectivity index (χ3v) is 6.79. The second kappa shape index (κ2) is 9.06. The molecule has 2 aliphatic heterocycles. The average Bonchev–Trinajstić information content (AvgIpc) is 3.26. The first-order valence-corrected chi connectivity index (χ1v) is 10.3. The Balaban J connectivity index is 1.56. The largest absolute Gasteiger partial charge is 0.497 e. The number of amides is 2. The second-order valence-electron chi connectivity index (χ2n) is 6.17. The molecule has 10 heteroatoms. The van der Waals surface area contributed by atoms with Crippen LogP contribution in [0.15, 0.2) is 24.3 Å². The van der Waals surface area contributed by atoms with Gasteiger partial charge in [-0.3, -0.25) is 19.3 Å². The summed E-state index contributed by atoms with van der Waals surface area (Å²) in [5, 5.41) is -1.06. The molecule has 2 aliphatic rings. The van der Waals surface area contributed by atoms with Gasteiger partial charge < -0.3 is 14.2 Å². The second-order valence-corrected chi connectivity index (χ2v) is 8.28. The summed E-state index contributed by atoms with van der Waals surface area (Å²) in [6.07, 6.45) is 0.857. The Kier molecular flexibility index (Phi) is 6.73. The Morgan fingerprint density at radius 1 is 1.29 bits per heavy atom. The molecule has 0 radical (unpaired) electrons. The van der Waals surface area contributed by atoms with Gasteiger partial charge in [-0.15, -0.1) is 0 Å². The van der Waals surface area contributed by atoms with Crippen LogP contribution in [0, 0.1) is 0 Å². The zero-order valence-electron chi connectivity index (χ0n) is 15.0. The van der Waals surface area contributed by atoms with Gasteiger partial charge in [-0.1, -0.05) is 39.8 Å². The predicted octanol–water partition coefficient (Wildman–Crippen LogP) is 1.64. The van der Waals surface area contributed by atoms with Gasteiger partial charge in [0.15, 0.2) is 0 Å². The highest BCUT2D eigenvalue weighted by molar-refractivity contribution is 9.10. The van der Waals surface area contributed by atoms with Crippen molar-refractivity contribution in [3.8, 4) is 5.75 Å². The van der Waals surface area contributed by atoms with Gasteiger partial charge in [-0.05, 0) is 30.5 Å². The van der Waals surface area contributed by atoms with E-state index in [9.17, 15) is 19.2 Å². The summed E-state index contributed by atoms with van der Waals surface area (Å²) in [4.78, 5) is 48.8. The van der Waals surface area contributed by atoms with Gasteiger partial charge >= 0.3 is 11.9 Å². The van der Waals surface area contributed by atoms with E-state index < -0.39 is 34.1 Å². The van der Waals surface area contributed by atoms with Crippen LogP contribution in [-0.4, -0.2) is 57.8 Å². The zero-order chi connectivity index (χ0) is 20.3. The van der Waals surface area contributed by atoms with Crippen molar-refractivity contribution in [2.45, 2.75) is 35.8 Å². The van der Waals surface area contributed by atoms with Gasteiger partial charge in [-0.25, -0.2) is 4.79 Å². The lowest BCUT2D eigenvalue weighted by Crippen LogP contribution is -2.64. The first-order chi connectivity index (χ1) is 13.4. The Labute approximate surface area is 174 Å². The van der Waals surface area contributed by atoms with Crippen LogP contribution >= 0.6 is 27.7 Å². The van der Waals surface area contributed by atoms with Gasteiger partial charge in [0, 0.05) is 6.61 Å². The summed E-state index contributed by atoms with van der Waals surface area (Å²) in [6.45, 7) is 0.389. The summed E-state index contributed by atoms with van der Waals surface area (Å²) in [7, 11) is 1.53. The van der Waals surface area contributed by atoms with E-state index in [4.69, 9.17) is 14.2 Å². The zero-order valence-corrected chi connectivity index (χ0v) is 17.4. The smallest absolute Gasteiger partial charge is 0.397 e. The van der Waals surface area contributed by atoms with Crippen LogP contribution in [0.5, 0.6) is 5.75 Å². The van der Waals surface area contributed by atoms with E-state index in [1.165, 1.54) is 7.11 Å². The number of thioether (sulfide) groups is 1. The molecule has 1 aromatic carbocycles. The van der Waals surface area contributed by atoms with Crippen molar-refractivity contribution in [3.63, 3.8) is 0 Å². The number of β-lactam (4-membered cyclic amide) rings is 1. The SMILES string of the molecule is COc1ccc(COC(=O)C(=O)N2C(=O)C(Br)C2SC(=O)C2CCCO2)cc1. The van der Waals surface area contributed by atoms with Crippen LogP contribution in [0.25, 0.3) is 0 Å². The fraction of sp³-hybridized carbons (Fsp3) is 0.444. The maximum absolute atomic E-state index is 12.3. The van der Waals surface area contributed by atoms with Gasteiger partial charge in [0.05, 0.1) is 7.11 Å². The molecule has 1 aromatic rings. The summed E-state index contributed by atoms with van der Waals surface area (Å²) < 4.78 is 15.4. The highest BCUT2D eigenvalue weighted by atomic mass is 79.9. The van der Waals surface area contributed by atoms with E-state index in [1.807, 2.05) is 0 Å². The van der Waals surface area contributed by atoms with E-state index in [2.05, 4.69) is 15.9 Å². The number of hydrogen-bond donors (Lipinski definition) is 0. The summed E-state index contributed by atoms with van der Waals surface area (Å²) in [5.74, 6) is -2.17. The van der Waals surface area contributed by atoms with Crippen LogP contribution in [0.2, 0.25) is 0 Å². The number of nitrogens with zero attached hydrogens (tertiary/aromatic N) is 1. The topological polar surface area (TPSA) is 99.2 Å². The monoisotopic (exact) mass is 471 g/mol. The molecule has 0 spiro atoms. The number of carbonyl (C=O) groups is 4. The molecule has 150 valence electrons. The lowest BCUT2D eigenvalue weighted by Gasteiger charge is -2.41. The molecule has 2 amide bonds. The van der Waals surface area contributed by atoms with Crippen molar-refractivity contribution in [1.29, 1.82) is 0 Å². The molecule has 2 fully saturated rings. The van der Waals surface area contributed by atoms with E-state index in [-0.39, 0.29) is 11.7 Å². The number of rotatable bonds is 5. The summed E-state index contributed by atoms with van der Waals surface area (Å²) in [5.41, 5.74) is 0.662. The van der Waals surface area contributed by atoms with E-state index >= 15 is 0 Å². The normalized spacial score (nSPS) is 23.9. The minimum absolute atomic E-state index is 0.124. The maximum atomic E-state index is 12.3. The highest BCUT2D eigenvalue weighted by Gasteiger charge is 2.53. The molecule has 0 N–H and O–H groups in total. The number of ether oxygens (including phenoxy) is 3. The molecule has 2 heterocycles. The minimum Gasteiger partial charge on any atom is -0.497 e. The number of esters is 1. The van der Waals surface area contributed by atoms with Crippen molar-refractivity contribution in [3.05, 3.63) is 29.8 Å². The fourth-order valence-electron chi connectivity index (χ4n) is 2.75. The lowest BCUT2D eigenvalue weighted by atomic mass is 10.2. The molecule has 3 rings (SSSR count). The van der Waals surface area contributed by atoms with Gasteiger partial charge in [-0.2, -0.15) is 0 Å². The third-order valence-electron chi connectivity index (χ3n) is 4.33. The van der Waals surface area contributed by atoms with Crippen molar-refractivity contribution >= 4 is 50.6 Å². The van der Waals surface area contributed by atoms with Crippen molar-refractivity contribution in [2.75, 3.05) is 13.7 Å². The lowest BCUT2D eigenvalue weighted by molar-refractivity contribution is -0.168. The van der Waals surface area contributed by atoms with Crippen LogP contribution in [0.3, 0.4) is 0 Å². The van der Waals surface area contributed by atoms with E-state index in [0.29, 0.717) is 24.3 Å². The number of hydrogen-bond acceptors (Lipinski definition) is 8. The first kappa shape index (κ1) is 20.8. The molecule has 3 unspecified atom stereocenters. The highest BCUT2D eigenvalue weighted by Crippen LogP contribution is 2.37. The van der Waals surface area contributed by atoms with Gasteiger partial charge in [0.1, 0.15) is 28.7 Å². The quantitative estimate of drug-likeness (QED) is 0.276. The molecule has 3 atom stereocenters. The van der Waals surface area contributed by atoms with Crippen molar-refractivity contribution in [2.24, 2.45) is 0 Å². The van der Waals surface area contributed by atoms with Crippen LogP contribution in [-0.2, 0) is 35.3 Å². The predicted molar refractivity (Wildman–Crippen MR) is 103 cm³/mol. The van der Waals surface area contributed by atoms with Crippen molar-refractivity contribution < 1.29 is 33.4 Å². The Hall–Kier alpha value is -1.91. The molecule has 0 bridgehead atoms. The number of likely N-dealkylation sites (tertiary alicyclic amines) is 1. The molecular weight excluding hydrogens is 454 g/mol. The number of methoxy groups -OCH3 is 1. The third kappa shape index (κ3) is 4.39. The molecule has 2 saturated heterocycles. The van der Waals surface area contributed by atoms with E-state index in [0.717, 1.165) is 23.1 Å². The van der Waals surface area contributed by atoms with Gasteiger partial charge in [0.2, 0.25) is 11.0 Å². The Bertz CT molecular complexity index is 779. The first-order valence-electron chi connectivity index (χ1n) is 8.55. The Morgan fingerprint density at radius 2 is 2.00 bits per heavy atom. The standard InChI is InChI=1S/C18H18BrNO7S/c1-25-11-6-4-10(5-7-11)9-27-17(23)15(22)20-14(21)13(19)16(20)28-18(24)12-3-2-8-26-12/h4-7,12-13,16H,2-3,8-9H2,1H3. The number of imide groups is 1. The van der Waals surface area contributed by atoms with Crippen LogP contribution in [0.4, 0.5) is 0 Å². The number of benzene rings is 1. The summed E-state index contributed by atoms with van der Waals surface area (Å²) >= 11 is 3.97. The fourth-order valence-corrected chi connectivity index (χ4v) is 4.64. The molecule has 0 aromatic heterocycles. The van der Waals surface area contributed by atoms with E-state index in [1.54, 1.807) is 24.3 Å². The molecule has 8 nitrogen and oxygen atoms in total. The number of carbonyl (C=O) groups excluding carboxylic acids is 4. The maximum Gasteiger partial charge on any atom is 0.397 e. The number of halogens is 1. The Morgan fingerprint density at radius 3 is 2.61 bits per heavy atom.